The number of nitro benzene ring substituents is 1. The Labute approximate surface area is 184 Å². The maximum absolute atomic E-state index is 11.0. The van der Waals surface area contributed by atoms with Crippen molar-refractivity contribution >= 4 is 61.1 Å². The van der Waals surface area contributed by atoms with Gasteiger partial charge in [0, 0.05) is 12.3 Å². The highest BCUT2D eigenvalue weighted by molar-refractivity contribution is 9.10. The molecule has 1 aromatic heterocycles. The number of halogens is 1. The van der Waals surface area contributed by atoms with Crippen molar-refractivity contribution in [3.63, 3.8) is 0 Å². The van der Waals surface area contributed by atoms with Crippen molar-refractivity contribution in [3.05, 3.63) is 86.9 Å². The van der Waals surface area contributed by atoms with E-state index < -0.39 is 4.92 Å². The summed E-state index contributed by atoms with van der Waals surface area (Å²) in [6.07, 6.45) is 5.04. The van der Waals surface area contributed by atoms with E-state index in [1.54, 1.807) is 48.7 Å². The standard InChI is InChI=1S/C22H14BrN3O3S/c23-17-9-7-14(12-19(17)26(28)29)4-3-11-24-15-8-10-20(27)16(13-15)22-25-18-5-1-2-6-21(18)30-22/h1-13,27H/b4-3+,24-11?. The predicted molar refractivity (Wildman–Crippen MR) is 125 cm³/mol. The fraction of sp³-hybridized carbons (Fsp3) is 0. The number of fused-ring (bicyclic) bond motifs is 1. The van der Waals surface area contributed by atoms with E-state index in [1.165, 1.54) is 17.4 Å². The number of aromatic hydroxyl groups is 1. The molecule has 0 bridgehead atoms. The number of rotatable bonds is 5. The maximum atomic E-state index is 11.0. The second-order valence-corrected chi connectivity index (χ2v) is 8.18. The van der Waals surface area contributed by atoms with E-state index in [4.69, 9.17) is 0 Å². The molecular formula is C22H14BrN3O3S. The van der Waals surface area contributed by atoms with Crippen LogP contribution in [0, 0.1) is 10.1 Å². The Bertz CT molecular complexity index is 1280. The third-order valence-corrected chi connectivity index (χ3v) is 6.01. The van der Waals surface area contributed by atoms with E-state index in [9.17, 15) is 15.2 Å². The summed E-state index contributed by atoms with van der Waals surface area (Å²) < 4.78 is 1.48. The average Bonchev–Trinajstić information content (AvgIpc) is 3.17. The SMILES string of the molecule is O=[N+]([O-])c1cc(/C=C/C=Nc2ccc(O)c(-c3nc4ccccc4s3)c2)ccc1Br. The number of phenolic OH excluding ortho intramolecular Hbond substituents is 1. The van der Waals surface area contributed by atoms with E-state index in [1.807, 2.05) is 24.3 Å². The number of hydrogen-bond acceptors (Lipinski definition) is 6. The molecule has 3 aromatic carbocycles. The first kappa shape index (κ1) is 19.9. The van der Waals surface area contributed by atoms with Crippen LogP contribution in [0.1, 0.15) is 5.56 Å². The van der Waals surface area contributed by atoms with Gasteiger partial charge in [0.05, 0.1) is 30.9 Å². The molecule has 4 rings (SSSR count). The molecule has 0 saturated carbocycles. The van der Waals surface area contributed by atoms with E-state index in [0.717, 1.165) is 15.2 Å². The predicted octanol–water partition coefficient (Wildman–Crippen LogP) is 6.76. The lowest BCUT2D eigenvalue weighted by molar-refractivity contribution is -0.385. The zero-order chi connectivity index (χ0) is 21.1. The van der Waals surface area contributed by atoms with Crippen molar-refractivity contribution < 1.29 is 10.0 Å². The lowest BCUT2D eigenvalue weighted by Crippen LogP contribution is -1.89. The van der Waals surface area contributed by atoms with Crippen LogP contribution in [-0.4, -0.2) is 21.2 Å². The molecular weight excluding hydrogens is 466 g/mol. The number of nitrogens with zero attached hydrogens (tertiary/aromatic N) is 3. The van der Waals surface area contributed by atoms with Gasteiger partial charge in [0.25, 0.3) is 5.69 Å². The molecule has 0 saturated heterocycles. The van der Waals surface area contributed by atoms with Gasteiger partial charge in [0.15, 0.2) is 0 Å². The average molecular weight is 480 g/mol. The van der Waals surface area contributed by atoms with Crippen molar-refractivity contribution in [2.24, 2.45) is 4.99 Å². The first-order valence-electron chi connectivity index (χ1n) is 8.85. The van der Waals surface area contributed by atoms with Gasteiger partial charge >= 0.3 is 0 Å². The summed E-state index contributed by atoms with van der Waals surface area (Å²) in [5.74, 6) is 0.144. The molecule has 0 aliphatic carbocycles. The van der Waals surface area contributed by atoms with Crippen LogP contribution in [0.2, 0.25) is 0 Å². The van der Waals surface area contributed by atoms with Crippen molar-refractivity contribution in [2.75, 3.05) is 0 Å². The van der Waals surface area contributed by atoms with Crippen LogP contribution in [0.25, 0.3) is 26.9 Å². The minimum atomic E-state index is -0.435. The summed E-state index contributed by atoms with van der Waals surface area (Å²) >= 11 is 4.68. The molecule has 0 spiro atoms. The minimum Gasteiger partial charge on any atom is -0.507 e. The zero-order valence-electron chi connectivity index (χ0n) is 15.4. The van der Waals surface area contributed by atoms with Gasteiger partial charge in [0.2, 0.25) is 0 Å². The molecule has 1 heterocycles. The quantitative estimate of drug-likeness (QED) is 0.194. The fourth-order valence-electron chi connectivity index (χ4n) is 2.82. The van der Waals surface area contributed by atoms with Gasteiger partial charge in [-0.2, -0.15) is 0 Å². The smallest absolute Gasteiger partial charge is 0.284 e. The van der Waals surface area contributed by atoms with Gasteiger partial charge in [-0.3, -0.25) is 15.1 Å². The molecule has 4 aromatic rings. The summed E-state index contributed by atoms with van der Waals surface area (Å²) in [5.41, 5.74) is 2.87. The summed E-state index contributed by atoms with van der Waals surface area (Å²) in [6, 6.07) is 17.8. The van der Waals surface area contributed by atoms with Gasteiger partial charge in [-0.15, -0.1) is 11.3 Å². The number of para-hydroxylation sites is 1. The highest BCUT2D eigenvalue weighted by Gasteiger charge is 2.12. The third-order valence-electron chi connectivity index (χ3n) is 4.27. The Morgan fingerprint density at radius 3 is 2.77 bits per heavy atom. The third kappa shape index (κ3) is 4.29. The molecule has 0 aliphatic rings. The van der Waals surface area contributed by atoms with Crippen molar-refractivity contribution in [1.29, 1.82) is 0 Å². The summed E-state index contributed by atoms with van der Waals surface area (Å²) in [6.45, 7) is 0. The van der Waals surface area contributed by atoms with Crippen LogP contribution in [0.4, 0.5) is 11.4 Å². The first-order chi connectivity index (χ1) is 14.5. The van der Waals surface area contributed by atoms with Crippen molar-refractivity contribution in [1.82, 2.24) is 4.98 Å². The molecule has 0 atom stereocenters. The fourth-order valence-corrected chi connectivity index (χ4v) is 4.20. The molecule has 0 unspecified atom stereocenters. The highest BCUT2D eigenvalue weighted by Crippen LogP contribution is 2.37. The molecule has 0 radical (unpaired) electrons. The summed E-state index contributed by atoms with van der Waals surface area (Å²) in [4.78, 5) is 19.6. The molecule has 30 heavy (non-hydrogen) atoms. The number of nitro groups is 1. The van der Waals surface area contributed by atoms with Crippen LogP contribution >= 0.6 is 27.3 Å². The molecule has 0 fully saturated rings. The molecule has 1 N–H and O–H groups in total. The first-order valence-corrected chi connectivity index (χ1v) is 10.5. The Hall–Kier alpha value is -3.36. The van der Waals surface area contributed by atoms with Crippen LogP contribution in [0.5, 0.6) is 5.75 Å². The van der Waals surface area contributed by atoms with Gasteiger partial charge in [-0.05, 0) is 64.0 Å². The number of phenols is 1. The molecule has 8 heteroatoms. The van der Waals surface area contributed by atoms with Gasteiger partial charge in [-0.1, -0.05) is 24.3 Å². The monoisotopic (exact) mass is 479 g/mol. The van der Waals surface area contributed by atoms with Gasteiger partial charge in [-0.25, -0.2) is 4.98 Å². The van der Waals surface area contributed by atoms with E-state index >= 15 is 0 Å². The second-order valence-electron chi connectivity index (χ2n) is 6.29. The number of thiazole rings is 1. The van der Waals surface area contributed by atoms with E-state index in [2.05, 4.69) is 25.9 Å². The Balaban J connectivity index is 1.56. The maximum Gasteiger partial charge on any atom is 0.284 e. The van der Waals surface area contributed by atoms with Crippen molar-refractivity contribution in [2.45, 2.75) is 0 Å². The van der Waals surface area contributed by atoms with Crippen LogP contribution in [0.3, 0.4) is 0 Å². The lowest BCUT2D eigenvalue weighted by atomic mass is 10.2. The van der Waals surface area contributed by atoms with Crippen LogP contribution in [-0.2, 0) is 0 Å². The topological polar surface area (TPSA) is 88.6 Å². The van der Waals surface area contributed by atoms with E-state index in [-0.39, 0.29) is 11.4 Å². The molecule has 0 aliphatic heterocycles. The number of benzene rings is 3. The minimum absolute atomic E-state index is 0.00750. The Morgan fingerprint density at radius 2 is 1.97 bits per heavy atom. The second kappa shape index (κ2) is 8.56. The van der Waals surface area contributed by atoms with Crippen LogP contribution < -0.4 is 0 Å². The van der Waals surface area contributed by atoms with Gasteiger partial charge in [0.1, 0.15) is 10.8 Å². The number of allylic oxidation sites excluding steroid dienone is 1. The number of aliphatic imine (C=N–C) groups is 1. The number of hydrogen-bond donors (Lipinski definition) is 1. The highest BCUT2D eigenvalue weighted by atomic mass is 79.9. The summed E-state index contributed by atoms with van der Waals surface area (Å²) in [7, 11) is 0. The van der Waals surface area contributed by atoms with Gasteiger partial charge < -0.3 is 5.11 Å². The zero-order valence-corrected chi connectivity index (χ0v) is 17.8. The Kier molecular flexibility index (Phi) is 5.69. The van der Waals surface area contributed by atoms with Crippen molar-refractivity contribution in [3.8, 4) is 16.3 Å². The van der Waals surface area contributed by atoms with Crippen LogP contribution in [0.15, 0.2) is 76.2 Å². The molecule has 148 valence electrons. The number of aromatic nitrogens is 1. The Morgan fingerprint density at radius 1 is 1.13 bits per heavy atom. The molecule has 6 nitrogen and oxygen atoms in total. The largest absolute Gasteiger partial charge is 0.507 e. The summed E-state index contributed by atoms with van der Waals surface area (Å²) in [5, 5.41) is 22.0. The lowest BCUT2D eigenvalue weighted by Gasteiger charge is -2.02. The normalized spacial score (nSPS) is 11.6. The van der Waals surface area contributed by atoms with E-state index in [0.29, 0.717) is 21.3 Å². The molecule has 0 amide bonds.